The molecule has 1 aliphatic rings. The first-order chi connectivity index (χ1) is 10.1. The van der Waals surface area contributed by atoms with E-state index in [0.29, 0.717) is 12.8 Å². The largest absolute Gasteiger partial charge is 0.342 e. The molecule has 0 aromatic heterocycles. The number of para-hydroxylation sites is 1. The number of amides is 2. The number of hydrogen-bond donors (Lipinski definition) is 1. The second-order valence-electron chi connectivity index (χ2n) is 5.69. The number of benzene rings is 1. The number of nitrogens with one attached hydrogen (secondary N) is 1. The highest BCUT2D eigenvalue weighted by atomic mass is 16.2. The van der Waals surface area contributed by atoms with Crippen molar-refractivity contribution in [3.8, 4) is 0 Å². The summed E-state index contributed by atoms with van der Waals surface area (Å²) < 4.78 is 0. The van der Waals surface area contributed by atoms with Crippen LogP contribution in [0, 0.1) is 5.41 Å². The zero-order chi connectivity index (χ0) is 15.3. The summed E-state index contributed by atoms with van der Waals surface area (Å²) in [5.74, 6) is -0.157. The van der Waals surface area contributed by atoms with Crippen LogP contribution in [-0.2, 0) is 9.59 Å². The van der Waals surface area contributed by atoms with Crippen molar-refractivity contribution in [2.45, 2.75) is 39.5 Å². The molecule has 21 heavy (non-hydrogen) atoms. The van der Waals surface area contributed by atoms with Crippen LogP contribution in [-0.4, -0.2) is 29.8 Å². The fourth-order valence-corrected chi connectivity index (χ4v) is 2.59. The van der Waals surface area contributed by atoms with E-state index >= 15 is 0 Å². The highest BCUT2D eigenvalue weighted by molar-refractivity contribution is 6.13. The summed E-state index contributed by atoms with van der Waals surface area (Å²) in [6, 6.07) is 9.33. The minimum atomic E-state index is -0.819. The molecular formula is C17H24N2O2. The van der Waals surface area contributed by atoms with Crippen molar-refractivity contribution < 1.29 is 9.59 Å². The average molecular weight is 288 g/mol. The van der Waals surface area contributed by atoms with Crippen LogP contribution in [0.4, 0.5) is 5.69 Å². The minimum absolute atomic E-state index is 0.000342. The molecule has 0 atom stereocenters. The third kappa shape index (κ3) is 3.43. The van der Waals surface area contributed by atoms with Crippen molar-refractivity contribution in [1.29, 1.82) is 0 Å². The van der Waals surface area contributed by atoms with E-state index in [4.69, 9.17) is 0 Å². The Morgan fingerprint density at radius 3 is 2.14 bits per heavy atom. The van der Waals surface area contributed by atoms with E-state index in [0.717, 1.165) is 31.6 Å². The molecule has 1 N–H and O–H groups in total. The molecular weight excluding hydrogens is 264 g/mol. The Balaban J connectivity index is 2.06. The van der Waals surface area contributed by atoms with Crippen LogP contribution in [0.2, 0.25) is 0 Å². The van der Waals surface area contributed by atoms with Crippen LogP contribution in [0.1, 0.15) is 39.5 Å². The first-order valence-electron chi connectivity index (χ1n) is 7.80. The molecule has 2 amide bonds. The van der Waals surface area contributed by atoms with Gasteiger partial charge >= 0.3 is 0 Å². The number of hydrogen-bond acceptors (Lipinski definition) is 2. The third-order valence-corrected chi connectivity index (χ3v) is 3.90. The van der Waals surface area contributed by atoms with Gasteiger partial charge < -0.3 is 10.2 Å². The monoisotopic (exact) mass is 288 g/mol. The lowest BCUT2D eigenvalue weighted by Crippen LogP contribution is -2.43. The molecule has 0 bridgehead atoms. The van der Waals surface area contributed by atoms with E-state index in [1.54, 1.807) is 0 Å². The number of nitrogens with zero attached hydrogens (tertiary/aromatic N) is 1. The summed E-state index contributed by atoms with van der Waals surface area (Å²) in [4.78, 5) is 27.0. The predicted octanol–water partition coefficient (Wildman–Crippen LogP) is 3.05. The van der Waals surface area contributed by atoms with Crippen LogP contribution < -0.4 is 5.32 Å². The third-order valence-electron chi connectivity index (χ3n) is 3.90. The van der Waals surface area contributed by atoms with Crippen LogP contribution in [0.15, 0.2) is 30.3 Å². The van der Waals surface area contributed by atoms with E-state index in [2.05, 4.69) is 19.2 Å². The van der Waals surface area contributed by atoms with Gasteiger partial charge in [-0.05, 0) is 37.8 Å². The van der Waals surface area contributed by atoms with E-state index < -0.39 is 5.41 Å². The Morgan fingerprint density at radius 2 is 1.67 bits per heavy atom. The maximum Gasteiger partial charge on any atom is 0.240 e. The highest BCUT2D eigenvalue weighted by Gasteiger charge is 2.57. The molecule has 1 saturated carbocycles. The molecule has 1 fully saturated rings. The van der Waals surface area contributed by atoms with Crippen molar-refractivity contribution >= 4 is 17.5 Å². The molecule has 1 aromatic carbocycles. The van der Waals surface area contributed by atoms with E-state index in [1.165, 1.54) is 0 Å². The molecule has 0 heterocycles. The Morgan fingerprint density at radius 1 is 1.10 bits per heavy atom. The topological polar surface area (TPSA) is 49.4 Å². The predicted molar refractivity (Wildman–Crippen MR) is 83.9 cm³/mol. The van der Waals surface area contributed by atoms with Gasteiger partial charge in [-0.25, -0.2) is 0 Å². The Kier molecular flexibility index (Phi) is 4.99. The smallest absolute Gasteiger partial charge is 0.240 e. The van der Waals surface area contributed by atoms with Gasteiger partial charge in [-0.3, -0.25) is 9.59 Å². The number of rotatable bonds is 7. The number of carbonyl (C=O) groups is 2. The SMILES string of the molecule is CCCN(CCC)C(=O)C1(C(=O)Nc2ccccc2)CC1. The molecule has 114 valence electrons. The van der Waals surface area contributed by atoms with Gasteiger partial charge in [0.15, 0.2) is 0 Å². The molecule has 4 nitrogen and oxygen atoms in total. The van der Waals surface area contributed by atoms with Crippen molar-refractivity contribution in [1.82, 2.24) is 4.90 Å². The molecule has 0 unspecified atom stereocenters. The lowest BCUT2D eigenvalue weighted by molar-refractivity contribution is -0.142. The van der Waals surface area contributed by atoms with E-state index in [-0.39, 0.29) is 11.8 Å². The highest BCUT2D eigenvalue weighted by Crippen LogP contribution is 2.48. The summed E-state index contributed by atoms with van der Waals surface area (Å²) in [5.41, 5.74) is -0.0701. The van der Waals surface area contributed by atoms with Gasteiger partial charge in [-0.2, -0.15) is 0 Å². The molecule has 0 saturated heterocycles. The quantitative estimate of drug-likeness (QED) is 0.784. The Labute approximate surface area is 126 Å². The molecule has 0 spiro atoms. The molecule has 0 aliphatic heterocycles. The van der Waals surface area contributed by atoms with Crippen LogP contribution in [0.25, 0.3) is 0 Å². The molecule has 0 radical (unpaired) electrons. The Bertz CT molecular complexity index is 489. The fraction of sp³-hybridized carbons (Fsp3) is 0.529. The summed E-state index contributed by atoms with van der Waals surface area (Å²) in [6.45, 7) is 5.57. The lowest BCUT2D eigenvalue weighted by Gasteiger charge is -2.26. The minimum Gasteiger partial charge on any atom is -0.342 e. The lowest BCUT2D eigenvalue weighted by atomic mass is 10.0. The fourth-order valence-electron chi connectivity index (χ4n) is 2.59. The number of anilines is 1. The first-order valence-corrected chi connectivity index (χ1v) is 7.80. The second kappa shape index (κ2) is 6.74. The zero-order valence-corrected chi connectivity index (χ0v) is 12.9. The van der Waals surface area contributed by atoms with Gasteiger partial charge in [0, 0.05) is 18.8 Å². The van der Waals surface area contributed by atoms with Gasteiger partial charge in [0.05, 0.1) is 0 Å². The van der Waals surface area contributed by atoms with Crippen molar-refractivity contribution in [2.24, 2.45) is 5.41 Å². The Hall–Kier alpha value is -1.84. The van der Waals surface area contributed by atoms with E-state index in [9.17, 15) is 9.59 Å². The standard InChI is InChI=1S/C17H24N2O2/c1-3-12-19(13-4-2)16(21)17(10-11-17)15(20)18-14-8-6-5-7-9-14/h5-9H,3-4,10-13H2,1-2H3,(H,18,20). The van der Waals surface area contributed by atoms with Crippen LogP contribution in [0.3, 0.4) is 0 Å². The van der Waals surface area contributed by atoms with Crippen molar-refractivity contribution in [3.05, 3.63) is 30.3 Å². The molecule has 2 rings (SSSR count). The zero-order valence-electron chi connectivity index (χ0n) is 12.9. The van der Waals surface area contributed by atoms with Gasteiger partial charge in [-0.15, -0.1) is 0 Å². The van der Waals surface area contributed by atoms with Crippen molar-refractivity contribution in [3.63, 3.8) is 0 Å². The molecule has 1 aliphatic carbocycles. The molecule has 4 heteroatoms. The maximum absolute atomic E-state index is 12.7. The second-order valence-corrected chi connectivity index (χ2v) is 5.69. The van der Waals surface area contributed by atoms with Crippen LogP contribution in [0.5, 0.6) is 0 Å². The summed E-state index contributed by atoms with van der Waals surface area (Å²) in [6.07, 6.45) is 3.16. The molecule has 1 aromatic rings. The summed E-state index contributed by atoms with van der Waals surface area (Å²) in [5, 5.41) is 2.88. The van der Waals surface area contributed by atoms with Gasteiger partial charge in [-0.1, -0.05) is 32.0 Å². The average Bonchev–Trinajstić information content (AvgIpc) is 3.29. The van der Waals surface area contributed by atoms with E-state index in [1.807, 2.05) is 35.2 Å². The van der Waals surface area contributed by atoms with Gasteiger partial charge in [0.1, 0.15) is 5.41 Å². The summed E-state index contributed by atoms with van der Waals surface area (Å²) in [7, 11) is 0. The van der Waals surface area contributed by atoms with Crippen molar-refractivity contribution in [2.75, 3.05) is 18.4 Å². The number of carbonyl (C=O) groups excluding carboxylic acids is 2. The maximum atomic E-state index is 12.7. The van der Waals surface area contributed by atoms with Gasteiger partial charge in [0.2, 0.25) is 11.8 Å². The summed E-state index contributed by atoms with van der Waals surface area (Å²) >= 11 is 0. The van der Waals surface area contributed by atoms with Crippen LogP contribution >= 0.6 is 0 Å². The normalized spacial score (nSPS) is 15.3. The van der Waals surface area contributed by atoms with Gasteiger partial charge in [0.25, 0.3) is 0 Å². The first kappa shape index (κ1) is 15.5.